The molecule has 1 saturated heterocycles. The van der Waals surface area contributed by atoms with E-state index in [0.717, 1.165) is 53.9 Å². The van der Waals surface area contributed by atoms with E-state index < -0.39 is 35.9 Å². The molecule has 4 rings (SSSR count). The van der Waals surface area contributed by atoms with E-state index in [1.807, 2.05) is 0 Å². The van der Waals surface area contributed by atoms with Crippen molar-refractivity contribution in [3.05, 3.63) is 45.9 Å². The molecule has 1 aliphatic heterocycles. The molecule has 2 aromatic rings. The summed E-state index contributed by atoms with van der Waals surface area (Å²) < 4.78 is 4.66. The fourth-order valence-electron chi connectivity index (χ4n) is 4.62. The summed E-state index contributed by atoms with van der Waals surface area (Å²) in [5, 5.41) is 7.69. The maximum absolute atomic E-state index is 13.4. The van der Waals surface area contributed by atoms with Gasteiger partial charge in [-0.25, -0.2) is 19.5 Å². The fourth-order valence-corrected chi connectivity index (χ4v) is 5.43. The van der Waals surface area contributed by atoms with Gasteiger partial charge in [-0.15, -0.1) is 11.3 Å². The lowest BCUT2D eigenvalue weighted by Gasteiger charge is -2.30. The van der Waals surface area contributed by atoms with Crippen LogP contribution in [0.15, 0.2) is 29.6 Å². The number of carbonyl (C=O) groups is 4. The lowest BCUT2D eigenvalue weighted by atomic mass is 9.84. The first kappa shape index (κ1) is 25.1. The van der Waals surface area contributed by atoms with Crippen LogP contribution in [0.3, 0.4) is 0 Å². The van der Waals surface area contributed by atoms with Crippen LogP contribution in [-0.2, 0) is 20.7 Å². The first-order valence-corrected chi connectivity index (χ1v) is 12.8. The number of esters is 1. The molecule has 2 atom stereocenters. The van der Waals surface area contributed by atoms with E-state index in [9.17, 15) is 19.2 Å². The molecule has 1 saturated carbocycles. The van der Waals surface area contributed by atoms with Gasteiger partial charge in [-0.3, -0.25) is 9.59 Å². The molecule has 0 unspecified atom stereocenters. The van der Waals surface area contributed by atoms with Crippen LogP contribution in [0.25, 0.3) is 0 Å². The summed E-state index contributed by atoms with van der Waals surface area (Å²) in [4.78, 5) is 56.5. The average molecular weight is 519 g/mol. The van der Waals surface area contributed by atoms with E-state index in [1.165, 1.54) is 12.5 Å². The minimum atomic E-state index is -0.980. The number of urea groups is 1. The molecule has 1 aromatic heterocycles. The van der Waals surface area contributed by atoms with Crippen molar-refractivity contribution in [2.24, 2.45) is 5.92 Å². The van der Waals surface area contributed by atoms with Crippen LogP contribution in [-0.4, -0.2) is 52.9 Å². The van der Waals surface area contributed by atoms with Gasteiger partial charge in [0.25, 0.3) is 5.91 Å². The summed E-state index contributed by atoms with van der Waals surface area (Å²) in [6.45, 7) is 0. The lowest BCUT2D eigenvalue weighted by molar-refractivity contribution is -0.134. The predicted molar refractivity (Wildman–Crippen MR) is 131 cm³/mol. The van der Waals surface area contributed by atoms with Gasteiger partial charge in [0.05, 0.1) is 7.11 Å². The number of nitrogens with one attached hydrogen (secondary N) is 2. The van der Waals surface area contributed by atoms with Gasteiger partial charge in [-0.1, -0.05) is 55.8 Å². The molecular weight excluding hydrogens is 492 g/mol. The zero-order valence-electron chi connectivity index (χ0n) is 19.3. The van der Waals surface area contributed by atoms with Gasteiger partial charge < -0.3 is 15.4 Å². The van der Waals surface area contributed by atoms with Crippen molar-refractivity contribution in [1.82, 2.24) is 15.2 Å². The Kier molecular flexibility index (Phi) is 8.02. The highest BCUT2D eigenvalue weighted by atomic mass is 35.5. The van der Waals surface area contributed by atoms with Crippen LogP contribution in [0.2, 0.25) is 5.02 Å². The summed E-state index contributed by atoms with van der Waals surface area (Å²) in [5.41, 5.74) is 0.927. The molecule has 4 amide bonds. The van der Waals surface area contributed by atoms with E-state index in [1.54, 1.807) is 24.3 Å². The van der Waals surface area contributed by atoms with Crippen LogP contribution in [0.4, 0.5) is 9.93 Å². The Bertz CT molecular complexity index is 1100. The number of methoxy groups -OCH3 is 1. The summed E-state index contributed by atoms with van der Waals surface area (Å²) in [6, 6.07) is 4.73. The van der Waals surface area contributed by atoms with Crippen molar-refractivity contribution >= 4 is 51.9 Å². The molecule has 0 bridgehead atoms. The summed E-state index contributed by atoms with van der Waals surface area (Å²) in [6.07, 6.45) is 5.85. The average Bonchev–Trinajstić information content (AvgIpc) is 3.43. The number of amides is 4. The Morgan fingerprint density at radius 1 is 1.23 bits per heavy atom. The Morgan fingerprint density at radius 3 is 2.63 bits per heavy atom. The lowest BCUT2D eigenvalue weighted by Crippen LogP contribution is -2.49. The SMILES string of the molecule is COC(=O)c1csc(NC(=O)[C@H](CC2CCCCC2)N2C(=O)N[C@@H](Cc3ccc(Cl)cc3)C2=O)n1. The van der Waals surface area contributed by atoms with Crippen LogP contribution in [0, 0.1) is 5.92 Å². The smallest absolute Gasteiger partial charge is 0.357 e. The molecule has 9 nitrogen and oxygen atoms in total. The van der Waals surface area contributed by atoms with Crippen LogP contribution >= 0.6 is 22.9 Å². The van der Waals surface area contributed by atoms with Crippen molar-refractivity contribution in [3.8, 4) is 0 Å². The van der Waals surface area contributed by atoms with E-state index in [0.29, 0.717) is 17.9 Å². The minimum absolute atomic E-state index is 0.0784. The Hall–Kier alpha value is -2.98. The zero-order valence-corrected chi connectivity index (χ0v) is 20.9. The number of anilines is 1. The normalized spacial score (nSPS) is 19.4. The molecule has 1 aromatic carbocycles. The molecule has 2 fully saturated rings. The third-order valence-corrected chi connectivity index (χ3v) is 7.44. The van der Waals surface area contributed by atoms with Crippen molar-refractivity contribution in [3.63, 3.8) is 0 Å². The van der Waals surface area contributed by atoms with Gasteiger partial charge in [0, 0.05) is 16.8 Å². The second-order valence-corrected chi connectivity index (χ2v) is 10.1. The molecular formula is C24H27ClN4O5S. The second-order valence-electron chi connectivity index (χ2n) is 8.82. The number of rotatable bonds is 8. The maximum atomic E-state index is 13.4. The highest BCUT2D eigenvalue weighted by molar-refractivity contribution is 7.14. The van der Waals surface area contributed by atoms with Gasteiger partial charge >= 0.3 is 12.0 Å². The van der Waals surface area contributed by atoms with Crippen LogP contribution < -0.4 is 10.6 Å². The minimum Gasteiger partial charge on any atom is -0.464 e. The molecule has 35 heavy (non-hydrogen) atoms. The number of nitrogens with zero attached hydrogens (tertiary/aromatic N) is 2. The molecule has 0 spiro atoms. The van der Waals surface area contributed by atoms with Crippen LogP contribution in [0.1, 0.15) is 54.6 Å². The maximum Gasteiger partial charge on any atom is 0.357 e. The van der Waals surface area contributed by atoms with Gasteiger partial charge in [0.15, 0.2) is 10.8 Å². The Morgan fingerprint density at radius 2 is 1.94 bits per heavy atom. The van der Waals surface area contributed by atoms with E-state index in [4.69, 9.17) is 11.6 Å². The van der Waals surface area contributed by atoms with E-state index in [2.05, 4.69) is 20.4 Å². The van der Waals surface area contributed by atoms with E-state index >= 15 is 0 Å². The Balaban J connectivity index is 1.52. The third kappa shape index (κ3) is 5.99. The number of halogens is 1. The molecule has 2 heterocycles. The number of hydrogen-bond acceptors (Lipinski definition) is 7. The van der Waals surface area contributed by atoms with Crippen molar-refractivity contribution < 1.29 is 23.9 Å². The largest absolute Gasteiger partial charge is 0.464 e. The Labute approximate surface area is 212 Å². The first-order valence-electron chi connectivity index (χ1n) is 11.6. The van der Waals surface area contributed by atoms with Crippen molar-refractivity contribution in [2.75, 3.05) is 12.4 Å². The molecule has 2 aliphatic rings. The number of thiazole rings is 1. The molecule has 1 aliphatic carbocycles. The second kappa shape index (κ2) is 11.2. The quantitative estimate of drug-likeness (QED) is 0.402. The van der Waals surface area contributed by atoms with Crippen molar-refractivity contribution in [1.29, 1.82) is 0 Å². The summed E-state index contributed by atoms with van der Waals surface area (Å²) in [5.74, 6) is -1.32. The topological polar surface area (TPSA) is 118 Å². The highest BCUT2D eigenvalue weighted by Crippen LogP contribution is 2.31. The van der Waals surface area contributed by atoms with Gasteiger partial charge in [-0.05, 0) is 30.0 Å². The number of benzene rings is 1. The van der Waals surface area contributed by atoms with E-state index in [-0.39, 0.29) is 16.7 Å². The van der Waals surface area contributed by atoms with Gasteiger partial charge in [-0.2, -0.15) is 0 Å². The fraction of sp³-hybridized carbons (Fsp3) is 0.458. The molecule has 0 radical (unpaired) electrons. The number of hydrogen-bond donors (Lipinski definition) is 2. The number of imide groups is 1. The molecule has 186 valence electrons. The van der Waals surface area contributed by atoms with Crippen LogP contribution in [0.5, 0.6) is 0 Å². The van der Waals surface area contributed by atoms with Gasteiger partial charge in [0.1, 0.15) is 12.1 Å². The number of ether oxygens (including phenoxy) is 1. The monoisotopic (exact) mass is 518 g/mol. The summed E-state index contributed by atoms with van der Waals surface area (Å²) >= 11 is 7.02. The van der Waals surface area contributed by atoms with Gasteiger partial charge in [0.2, 0.25) is 5.91 Å². The number of carbonyl (C=O) groups excluding carboxylic acids is 4. The summed E-state index contributed by atoms with van der Waals surface area (Å²) in [7, 11) is 1.25. The molecule has 11 heteroatoms. The predicted octanol–water partition coefficient (Wildman–Crippen LogP) is 4.02. The number of aromatic nitrogens is 1. The third-order valence-electron chi connectivity index (χ3n) is 6.43. The standard InChI is InChI=1S/C24H27ClN4O5S/c1-34-22(32)18-13-35-23(26-18)28-20(30)19(12-14-5-3-2-4-6-14)29-21(31)17(27-24(29)33)11-15-7-9-16(25)10-8-15/h7-10,13-14,17,19H,2-6,11-12H2,1H3,(H,27,33)(H,26,28,30)/t17-,19-/m0/s1. The highest BCUT2D eigenvalue weighted by Gasteiger charge is 2.45. The zero-order chi connectivity index (χ0) is 24.9. The molecule has 2 N–H and O–H groups in total. The first-order chi connectivity index (χ1) is 16.9. The van der Waals surface area contributed by atoms with Crippen molar-refractivity contribution in [2.45, 2.75) is 57.0 Å².